The molecule has 234 valence electrons. The van der Waals surface area contributed by atoms with Gasteiger partial charge in [0.15, 0.2) is 0 Å². The van der Waals surface area contributed by atoms with Gasteiger partial charge in [-0.2, -0.15) is 0 Å². The Kier molecular flexibility index (Phi) is 13.4. The average Bonchev–Trinajstić information content (AvgIpc) is 3.01. The number of hydrogen-bond acceptors (Lipinski definition) is 10. The van der Waals surface area contributed by atoms with Gasteiger partial charge in [0.25, 0.3) is 0 Å². The van der Waals surface area contributed by atoms with Gasteiger partial charge in [-0.3, -0.25) is 0 Å². The second-order valence-corrected chi connectivity index (χ2v) is 10.2. The van der Waals surface area contributed by atoms with Gasteiger partial charge in [0, 0.05) is 12.7 Å². The molecule has 2 N–H and O–H groups in total. The lowest BCUT2D eigenvalue weighted by Gasteiger charge is -2.14. The predicted molar refractivity (Wildman–Crippen MR) is 162 cm³/mol. The van der Waals surface area contributed by atoms with E-state index in [2.05, 4.69) is 13.5 Å². The number of aromatic hydroxyl groups is 1. The first-order chi connectivity index (χ1) is 21.1. The number of phenolic OH excluding ortho intramolecular Hbond substituents is 1. The molecule has 0 radical (unpaired) electrons. The smallest absolute Gasteiger partial charge is 0.343 e. The highest BCUT2D eigenvalue weighted by molar-refractivity contribution is 5.92. The summed E-state index contributed by atoms with van der Waals surface area (Å²) in [5, 5.41) is 19.1. The Bertz CT molecular complexity index is 1380. The fourth-order valence-electron chi connectivity index (χ4n) is 3.97. The molecule has 0 aliphatic carbocycles. The maximum Gasteiger partial charge on any atom is 0.343 e. The van der Waals surface area contributed by atoms with Crippen LogP contribution in [0.2, 0.25) is 0 Å². The van der Waals surface area contributed by atoms with Gasteiger partial charge in [0.1, 0.15) is 35.7 Å². The van der Waals surface area contributed by atoms with E-state index in [4.69, 9.17) is 23.7 Å². The van der Waals surface area contributed by atoms with E-state index in [1.54, 1.807) is 49.4 Å². The van der Waals surface area contributed by atoms with Gasteiger partial charge in [-0.15, -0.1) is 0 Å². The van der Waals surface area contributed by atoms with Crippen molar-refractivity contribution >= 4 is 17.9 Å². The molecular weight excluding hydrogens is 568 g/mol. The summed E-state index contributed by atoms with van der Waals surface area (Å²) in [6.07, 6.45) is 2.76. The molecule has 0 amide bonds. The lowest BCUT2D eigenvalue weighted by molar-refractivity contribution is -0.141. The molecule has 3 aromatic rings. The molecule has 3 aromatic carbocycles. The Balaban J connectivity index is 1.35. The van der Waals surface area contributed by atoms with Crippen molar-refractivity contribution in [3.05, 3.63) is 96.1 Å². The lowest BCUT2D eigenvalue weighted by Crippen LogP contribution is -2.23. The highest BCUT2D eigenvalue weighted by Gasteiger charge is 2.14. The number of hydrogen-bond donors (Lipinski definition) is 2. The summed E-state index contributed by atoms with van der Waals surface area (Å²) < 4.78 is 26.9. The van der Waals surface area contributed by atoms with E-state index in [1.165, 1.54) is 24.3 Å². The first-order valence-corrected chi connectivity index (χ1v) is 14.3. The van der Waals surface area contributed by atoms with Gasteiger partial charge >= 0.3 is 17.9 Å². The molecule has 2 atom stereocenters. The summed E-state index contributed by atoms with van der Waals surface area (Å²) in [6.45, 7) is 8.13. The maximum atomic E-state index is 12.7. The molecule has 0 aliphatic rings. The van der Waals surface area contributed by atoms with Gasteiger partial charge in [-0.25, -0.2) is 14.4 Å². The first kappa shape index (κ1) is 33.8. The Morgan fingerprint density at radius 1 is 0.841 bits per heavy atom. The summed E-state index contributed by atoms with van der Waals surface area (Å²) in [7, 11) is 0. The zero-order chi connectivity index (χ0) is 31.9. The molecule has 0 spiro atoms. The van der Waals surface area contributed by atoms with Crippen LogP contribution in [0, 0.1) is 12.8 Å². The number of aliphatic hydroxyl groups excluding tert-OH is 1. The number of aryl methyl sites for hydroxylation is 1. The van der Waals surface area contributed by atoms with Crippen molar-refractivity contribution < 1.29 is 48.3 Å². The Morgan fingerprint density at radius 2 is 1.48 bits per heavy atom. The summed E-state index contributed by atoms with van der Waals surface area (Å²) in [6, 6.07) is 17.1. The van der Waals surface area contributed by atoms with Crippen LogP contribution in [-0.4, -0.2) is 60.7 Å². The number of aliphatic hydroxyl groups is 1. The van der Waals surface area contributed by atoms with Crippen LogP contribution in [-0.2, 0) is 14.3 Å². The number of ether oxygens (including phenoxy) is 5. The molecule has 2 unspecified atom stereocenters. The normalized spacial score (nSPS) is 12.1. The van der Waals surface area contributed by atoms with Gasteiger partial charge in [-0.05, 0) is 104 Å². The SMILES string of the molecule is C=CC(=O)OCC(O)COCCCC(C)CCOc1ccc(C(=O)Oc2ccc(OC(=O)c3ccc(O)cc3)c(C)c2)cc1. The monoisotopic (exact) mass is 606 g/mol. The van der Waals surface area contributed by atoms with Gasteiger partial charge in [0.05, 0.1) is 24.3 Å². The predicted octanol–water partition coefficient (Wildman–Crippen LogP) is 5.43. The van der Waals surface area contributed by atoms with E-state index >= 15 is 0 Å². The van der Waals surface area contributed by atoms with E-state index in [0.717, 1.165) is 25.3 Å². The topological polar surface area (TPSA) is 138 Å². The number of benzene rings is 3. The molecule has 0 bridgehead atoms. The van der Waals surface area contributed by atoms with E-state index < -0.39 is 24.0 Å². The molecule has 0 fully saturated rings. The fourth-order valence-corrected chi connectivity index (χ4v) is 3.97. The highest BCUT2D eigenvalue weighted by atomic mass is 16.6. The molecule has 3 rings (SSSR count). The van der Waals surface area contributed by atoms with Crippen LogP contribution in [0.1, 0.15) is 52.5 Å². The van der Waals surface area contributed by atoms with Crippen molar-refractivity contribution in [1.29, 1.82) is 0 Å². The largest absolute Gasteiger partial charge is 0.508 e. The fraction of sp³-hybridized carbons (Fsp3) is 0.324. The highest BCUT2D eigenvalue weighted by Crippen LogP contribution is 2.26. The van der Waals surface area contributed by atoms with E-state index in [0.29, 0.717) is 53.1 Å². The van der Waals surface area contributed by atoms with Gasteiger partial charge in [-0.1, -0.05) is 13.5 Å². The number of rotatable bonds is 17. The van der Waals surface area contributed by atoms with Crippen LogP contribution in [0.25, 0.3) is 0 Å². The summed E-state index contributed by atoms with van der Waals surface area (Å²) in [5.41, 5.74) is 1.26. The average molecular weight is 607 g/mol. The lowest BCUT2D eigenvalue weighted by atomic mass is 10.0. The summed E-state index contributed by atoms with van der Waals surface area (Å²) in [5.74, 6) is 0.0363. The second-order valence-electron chi connectivity index (χ2n) is 10.2. The van der Waals surface area contributed by atoms with Crippen LogP contribution >= 0.6 is 0 Å². The Hall–Kier alpha value is -4.67. The summed E-state index contributed by atoms with van der Waals surface area (Å²) in [4.78, 5) is 36.0. The van der Waals surface area contributed by atoms with Gasteiger partial charge in [0.2, 0.25) is 0 Å². The third-order valence-corrected chi connectivity index (χ3v) is 6.51. The third-order valence-electron chi connectivity index (χ3n) is 6.51. The zero-order valence-electron chi connectivity index (χ0n) is 24.9. The molecule has 0 aliphatic heterocycles. The van der Waals surface area contributed by atoms with Crippen LogP contribution in [0.3, 0.4) is 0 Å². The molecule has 0 saturated heterocycles. The quantitative estimate of drug-likeness (QED) is 0.0885. The first-order valence-electron chi connectivity index (χ1n) is 14.3. The molecule has 0 saturated carbocycles. The molecule has 44 heavy (non-hydrogen) atoms. The zero-order valence-corrected chi connectivity index (χ0v) is 24.9. The number of carbonyl (C=O) groups excluding carboxylic acids is 3. The van der Waals surface area contributed by atoms with Gasteiger partial charge < -0.3 is 33.9 Å². The number of esters is 3. The van der Waals surface area contributed by atoms with Crippen molar-refractivity contribution in [2.75, 3.05) is 26.4 Å². The molecule has 0 heterocycles. The van der Waals surface area contributed by atoms with Crippen LogP contribution in [0.15, 0.2) is 79.4 Å². The van der Waals surface area contributed by atoms with Crippen LogP contribution in [0.4, 0.5) is 0 Å². The summed E-state index contributed by atoms with van der Waals surface area (Å²) >= 11 is 0. The Morgan fingerprint density at radius 3 is 2.14 bits per heavy atom. The maximum absolute atomic E-state index is 12.7. The molecule has 10 heteroatoms. The Labute approximate surface area is 256 Å². The molecule has 10 nitrogen and oxygen atoms in total. The van der Waals surface area contributed by atoms with Crippen LogP contribution < -0.4 is 14.2 Å². The third kappa shape index (κ3) is 11.5. The van der Waals surface area contributed by atoms with Crippen molar-refractivity contribution in [2.45, 2.75) is 39.2 Å². The van der Waals surface area contributed by atoms with E-state index in [1.807, 2.05) is 0 Å². The van der Waals surface area contributed by atoms with E-state index in [-0.39, 0.29) is 19.0 Å². The van der Waals surface area contributed by atoms with E-state index in [9.17, 15) is 24.6 Å². The second kappa shape index (κ2) is 17.4. The number of phenols is 1. The van der Waals surface area contributed by atoms with Crippen molar-refractivity contribution in [3.63, 3.8) is 0 Å². The van der Waals surface area contributed by atoms with Crippen molar-refractivity contribution in [1.82, 2.24) is 0 Å². The van der Waals surface area contributed by atoms with Crippen molar-refractivity contribution in [3.8, 4) is 23.0 Å². The van der Waals surface area contributed by atoms with Crippen LogP contribution in [0.5, 0.6) is 23.0 Å². The number of carbonyl (C=O) groups is 3. The minimum Gasteiger partial charge on any atom is -0.508 e. The standard InChI is InChI=1S/C34H38O10/c1-4-32(37)42-22-28(36)21-40-18-5-6-23(2)17-19-41-29-13-9-26(10-14-29)33(38)43-30-15-16-31(24(3)20-30)44-34(39)25-7-11-27(35)12-8-25/h4,7-16,20,23,28,35-36H,1,5-6,17-19,21-22H2,2-3H3. The minimum absolute atomic E-state index is 0.0505. The molecule has 0 aromatic heterocycles. The molecular formula is C34H38O10. The van der Waals surface area contributed by atoms with Crippen molar-refractivity contribution in [2.24, 2.45) is 5.92 Å². The minimum atomic E-state index is -0.870.